The van der Waals surface area contributed by atoms with Crippen LogP contribution in [0, 0.1) is 5.41 Å². The van der Waals surface area contributed by atoms with E-state index in [0.29, 0.717) is 13.1 Å². The SMILES string of the molecule is CCC1(CNS(=O)(=O)N(C)CCCNC)CCCC1. The summed E-state index contributed by atoms with van der Waals surface area (Å²) in [6, 6.07) is 0. The highest BCUT2D eigenvalue weighted by atomic mass is 32.2. The molecule has 2 N–H and O–H groups in total. The van der Waals surface area contributed by atoms with Crippen LogP contribution in [0.5, 0.6) is 0 Å². The van der Waals surface area contributed by atoms with E-state index in [9.17, 15) is 8.42 Å². The van der Waals surface area contributed by atoms with Crippen molar-refractivity contribution in [3.63, 3.8) is 0 Å². The average Bonchev–Trinajstić information content (AvgIpc) is 2.86. The Bertz CT molecular complexity index is 351. The zero-order valence-electron chi connectivity index (χ0n) is 12.5. The molecule has 114 valence electrons. The minimum Gasteiger partial charge on any atom is -0.320 e. The molecule has 6 heteroatoms. The Morgan fingerprint density at radius 2 is 1.89 bits per heavy atom. The summed E-state index contributed by atoms with van der Waals surface area (Å²) in [5.74, 6) is 0. The quantitative estimate of drug-likeness (QED) is 0.630. The predicted octanol–water partition coefficient (Wildman–Crippen LogP) is 1.33. The fourth-order valence-corrected chi connectivity index (χ4v) is 3.81. The molecular weight excluding hydrogens is 262 g/mol. The van der Waals surface area contributed by atoms with Crippen LogP contribution in [0.3, 0.4) is 0 Å². The van der Waals surface area contributed by atoms with Gasteiger partial charge in [-0.15, -0.1) is 0 Å². The molecule has 1 rings (SSSR count). The first-order valence-electron chi connectivity index (χ1n) is 7.31. The van der Waals surface area contributed by atoms with E-state index in [1.165, 1.54) is 17.1 Å². The lowest BCUT2D eigenvalue weighted by Gasteiger charge is -2.29. The van der Waals surface area contributed by atoms with E-state index >= 15 is 0 Å². The second-order valence-electron chi connectivity index (χ2n) is 5.67. The molecular formula is C13H29N3O2S. The van der Waals surface area contributed by atoms with Crippen LogP contribution in [0.4, 0.5) is 0 Å². The number of hydrogen-bond acceptors (Lipinski definition) is 3. The number of nitrogens with zero attached hydrogens (tertiary/aromatic N) is 1. The highest BCUT2D eigenvalue weighted by Gasteiger charge is 2.33. The van der Waals surface area contributed by atoms with E-state index in [1.54, 1.807) is 7.05 Å². The van der Waals surface area contributed by atoms with Gasteiger partial charge in [0.15, 0.2) is 0 Å². The van der Waals surface area contributed by atoms with Gasteiger partial charge in [-0.1, -0.05) is 19.8 Å². The van der Waals surface area contributed by atoms with E-state index in [-0.39, 0.29) is 5.41 Å². The van der Waals surface area contributed by atoms with Crippen LogP contribution in [0.1, 0.15) is 45.4 Å². The molecule has 0 unspecified atom stereocenters. The summed E-state index contributed by atoms with van der Waals surface area (Å²) < 4.78 is 28.5. The van der Waals surface area contributed by atoms with Crippen LogP contribution in [-0.4, -0.2) is 46.5 Å². The summed E-state index contributed by atoms with van der Waals surface area (Å²) in [4.78, 5) is 0. The van der Waals surface area contributed by atoms with Crippen molar-refractivity contribution in [2.45, 2.75) is 45.4 Å². The maximum atomic E-state index is 12.1. The molecule has 0 atom stereocenters. The molecule has 0 aromatic rings. The van der Waals surface area contributed by atoms with E-state index in [4.69, 9.17) is 0 Å². The largest absolute Gasteiger partial charge is 0.320 e. The summed E-state index contributed by atoms with van der Waals surface area (Å²) in [6.45, 7) is 4.13. The molecule has 0 radical (unpaired) electrons. The number of rotatable bonds is 9. The van der Waals surface area contributed by atoms with Crippen molar-refractivity contribution in [1.29, 1.82) is 0 Å². The lowest BCUT2D eigenvalue weighted by atomic mass is 9.84. The normalized spacial score (nSPS) is 19.2. The summed E-state index contributed by atoms with van der Waals surface area (Å²) in [7, 11) is 0.196. The van der Waals surface area contributed by atoms with Crippen LogP contribution in [0.15, 0.2) is 0 Å². The summed E-state index contributed by atoms with van der Waals surface area (Å²) in [5, 5.41) is 3.02. The van der Waals surface area contributed by atoms with Gasteiger partial charge >= 0.3 is 0 Å². The molecule has 0 aliphatic heterocycles. The first-order valence-corrected chi connectivity index (χ1v) is 8.75. The van der Waals surface area contributed by atoms with Crippen LogP contribution in [0.2, 0.25) is 0 Å². The highest BCUT2D eigenvalue weighted by molar-refractivity contribution is 7.87. The Morgan fingerprint density at radius 3 is 2.42 bits per heavy atom. The molecule has 1 aliphatic rings. The third-order valence-corrected chi connectivity index (χ3v) is 5.87. The van der Waals surface area contributed by atoms with E-state index in [1.807, 2.05) is 7.05 Å². The van der Waals surface area contributed by atoms with Crippen molar-refractivity contribution >= 4 is 10.2 Å². The fraction of sp³-hybridized carbons (Fsp3) is 1.00. The lowest BCUT2D eigenvalue weighted by molar-refractivity contribution is 0.282. The molecule has 0 amide bonds. The van der Waals surface area contributed by atoms with Crippen molar-refractivity contribution in [3.8, 4) is 0 Å². The Kier molecular flexibility index (Phi) is 6.73. The fourth-order valence-electron chi connectivity index (χ4n) is 2.73. The second-order valence-corrected chi connectivity index (χ2v) is 7.53. The third-order valence-electron chi connectivity index (χ3n) is 4.35. The topological polar surface area (TPSA) is 61.4 Å². The zero-order chi connectivity index (χ0) is 14.4. The Balaban J connectivity index is 2.45. The van der Waals surface area contributed by atoms with E-state index < -0.39 is 10.2 Å². The van der Waals surface area contributed by atoms with Crippen LogP contribution in [0.25, 0.3) is 0 Å². The van der Waals surface area contributed by atoms with E-state index in [0.717, 1.165) is 32.2 Å². The smallest absolute Gasteiger partial charge is 0.279 e. The molecule has 0 heterocycles. The van der Waals surface area contributed by atoms with Crippen molar-refractivity contribution in [1.82, 2.24) is 14.3 Å². The van der Waals surface area contributed by atoms with Gasteiger partial charge in [0, 0.05) is 20.1 Å². The van der Waals surface area contributed by atoms with Crippen molar-refractivity contribution in [2.24, 2.45) is 5.41 Å². The zero-order valence-corrected chi connectivity index (χ0v) is 13.4. The van der Waals surface area contributed by atoms with Gasteiger partial charge in [0.05, 0.1) is 0 Å². The van der Waals surface area contributed by atoms with Gasteiger partial charge < -0.3 is 5.32 Å². The summed E-state index contributed by atoms with van der Waals surface area (Å²) >= 11 is 0. The van der Waals surface area contributed by atoms with Gasteiger partial charge in [0.2, 0.25) is 0 Å². The number of hydrogen-bond donors (Lipinski definition) is 2. The standard InChI is InChI=1S/C13H29N3O2S/c1-4-13(8-5-6-9-13)12-15-19(17,18)16(3)11-7-10-14-2/h14-15H,4-12H2,1-3H3. The number of nitrogens with one attached hydrogen (secondary N) is 2. The summed E-state index contributed by atoms with van der Waals surface area (Å²) in [6.07, 6.45) is 6.64. The van der Waals surface area contributed by atoms with Crippen LogP contribution in [-0.2, 0) is 10.2 Å². The molecule has 1 saturated carbocycles. The predicted molar refractivity (Wildman–Crippen MR) is 79.3 cm³/mol. The molecule has 0 spiro atoms. The molecule has 0 aromatic heterocycles. The first-order chi connectivity index (χ1) is 8.96. The molecule has 1 fully saturated rings. The van der Waals surface area contributed by atoms with Gasteiger partial charge in [-0.25, -0.2) is 4.72 Å². The van der Waals surface area contributed by atoms with Gasteiger partial charge in [-0.2, -0.15) is 12.7 Å². The van der Waals surface area contributed by atoms with Crippen molar-refractivity contribution in [2.75, 3.05) is 33.7 Å². The monoisotopic (exact) mass is 291 g/mol. The Hall–Kier alpha value is -0.170. The highest BCUT2D eigenvalue weighted by Crippen LogP contribution is 2.40. The molecule has 1 aliphatic carbocycles. The minimum absolute atomic E-state index is 0.193. The Morgan fingerprint density at radius 1 is 1.26 bits per heavy atom. The third kappa shape index (κ3) is 5.02. The second kappa shape index (κ2) is 7.57. The van der Waals surface area contributed by atoms with Crippen LogP contribution >= 0.6 is 0 Å². The van der Waals surface area contributed by atoms with Crippen molar-refractivity contribution in [3.05, 3.63) is 0 Å². The van der Waals surface area contributed by atoms with Crippen LogP contribution < -0.4 is 10.0 Å². The molecule has 0 aromatic carbocycles. The van der Waals surface area contributed by atoms with Gasteiger partial charge in [-0.3, -0.25) is 0 Å². The minimum atomic E-state index is -3.32. The molecule has 5 nitrogen and oxygen atoms in total. The maximum Gasteiger partial charge on any atom is 0.279 e. The Labute approximate surface area is 118 Å². The summed E-state index contributed by atoms with van der Waals surface area (Å²) in [5.41, 5.74) is 0.193. The first kappa shape index (κ1) is 16.9. The molecule has 19 heavy (non-hydrogen) atoms. The van der Waals surface area contributed by atoms with Gasteiger partial charge in [-0.05, 0) is 44.7 Å². The van der Waals surface area contributed by atoms with Gasteiger partial charge in [0.25, 0.3) is 10.2 Å². The van der Waals surface area contributed by atoms with E-state index in [2.05, 4.69) is 17.0 Å². The molecule has 0 saturated heterocycles. The lowest BCUT2D eigenvalue weighted by Crippen LogP contribution is -2.43. The molecule has 0 bridgehead atoms. The maximum absolute atomic E-state index is 12.1. The average molecular weight is 291 g/mol. The van der Waals surface area contributed by atoms with Crippen molar-refractivity contribution < 1.29 is 8.42 Å². The van der Waals surface area contributed by atoms with Gasteiger partial charge in [0.1, 0.15) is 0 Å².